The summed E-state index contributed by atoms with van der Waals surface area (Å²) in [5, 5.41) is 3.30. The van der Waals surface area contributed by atoms with Gasteiger partial charge in [-0.25, -0.2) is 0 Å². The number of nitrogens with one attached hydrogen (secondary N) is 1. The summed E-state index contributed by atoms with van der Waals surface area (Å²) in [4.78, 5) is 0. The van der Waals surface area contributed by atoms with Gasteiger partial charge in [-0.2, -0.15) is 0 Å². The van der Waals surface area contributed by atoms with Crippen molar-refractivity contribution < 1.29 is 0 Å². The lowest BCUT2D eigenvalue weighted by Crippen LogP contribution is -2.32. The Morgan fingerprint density at radius 2 is 1.73 bits per heavy atom. The van der Waals surface area contributed by atoms with Crippen molar-refractivity contribution in [3.63, 3.8) is 0 Å². The van der Waals surface area contributed by atoms with Gasteiger partial charge in [-0.1, -0.05) is 47.6 Å². The Bertz CT molecular complexity index is 200. The molecule has 0 aromatic heterocycles. The van der Waals surface area contributed by atoms with E-state index in [0.29, 0.717) is 10.8 Å². The van der Waals surface area contributed by atoms with Gasteiger partial charge in [0, 0.05) is 12.2 Å². The molecule has 0 bridgehead atoms. The van der Waals surface area contributed by atoms with Gasteiger partial charge in [0.2, 0.25) is 0 Å². The van der Waals surface area contributed by atoms with E-state index in [-0.39, 0.29) is 0 Å². The molecule has 0 aromatic carbocycles. The average molecular weight is 211 g/mol. The average Bonchev–Trinajstić information content (AvgIpc) is 2.09. The van der Waals surface area contributed by atoms with Crippen LogP contribution in [-0.4, -0.2) is 6.54 Å². The van der Waals surface area contributed by atoms with Crippen LogP contribution in [0.1, 0.15) is 60.8 Å². The van der Waals surface area contributed by atoms with Crippen LogP contribution in [0.25, 0.3) is 0 Å². The van der Waals surface area contributed by atoms with Crippen molar-refractivity contribution >= 4 is 0 Å². The molecule has 0 aliphatic heterocycles. The van der Waals surface area contributed by atoms with Gasteiger partial charge in [0.1, 0.15) is 0 Å². The van der Waals surface area contributed by atoms with Crippen molar-refractivity contribution in [2.75, 3.05) is 6.54 Å². The summed E-state index contributed by atoms with van der Waals surface area (Å²) in [5.41, 5.74) is 1.92. The van der Waals surface area contributed by atoms with Crippen molar-refractivity contribution in [2.24, 2.45) is 10.8 Å². The molecule has 1 unspecified atom stereocenters. The summed E-state index contributed by atoms with van der Waals surface area (Å²) in [6, 6.07) is 0. The fourth-order valence-electron chi connectivity index (χ4n) is 1.86. The van der Waals surface area contributed by atoms with E-state index in [2.05, 4.69) is 46.5 Å². The first-order valence-corrected chi connectivity index (χ1v) is 6.12. The third kappa shape index (κ3) is 4.72. The first-order chi connectivity index (χ1) is 6.73. The summed E-state index contributed by atoms with van der Waals surface area (Å²) in [6.45, 7) is 18.7. The van der Waals surface area contributed by atoms with E-state index in [0.717, 1.165) is 12.2 Å². The van der Waals surface area contributed by atoms with Crippen LogP contribution in [0, 0.1) is 10.8 Å². The molecule has 1 nitrogen and oxygen atoms in total. The van der Waals surface area contributed by atoms with E-state index in [9.17, 15) is 0 Å². The highest BCUT2D eigenvalue weighted by Gasteiger charge is 2.34. The Morgan fingerprint density at radius 3 is 2.07 bits per heavy atom. The van der Waals surface area contributed by atoms with Gasteiger partial charge in [-0.3, -0.25) is 0 Å². The van der Waals surface area contributed by atoms with Gasteiger partial charge < -0.3 is 5.32 Å². The number of allylic oxidation sites excluding steroid dienone is 1. The van der Waals surface area contributed by atoms with Crippen LogP contribution in [0.5, 0.6) is 0 Å². The molecule has 1 N–H and O–H groups in total. The van der Waals surface area contributed by atoms with Gasteiger partial charge in [-0.15, -0.1) is 0 Å². The normalized spacial score (nSPS) is 15.9. The summed E-state index contributed by atoms with van der Waals surface area (Å²) in [6.07, 6.45) is 3.77. The molecule has 0 spiro atoms. The van der Waals surface area contributed by atoms with Crippen LogP contribution in [0.15, 0.2) is 12.3 Å². The Balaban J connectivity index is 4.06. The zero-order valence-electron chi connectivity index (χ0n) is 11.5. The predicted octanol–water partition coefficient (Wildman–Crippen LogP) is 4.35. The SMILES string of the molecule is C=C(C)NCCCC(C)(CC)C(C)(C)C. The lowest BCUT2D eigenvalue weighted by molar-refractivity contribution is 0.0886. The van der Waals surface area contributed by atoms with Crippen LogP contribution in [-0.2, 0) is 0 Å². The first kappa shape index (κ1) is 14.5. The van der Waals surface area contributed by atoms with Crippen LogP contribution < -0.4 is 5.32 Å². The summed E-state index contributed by atoms with van der Waals surface area (Å²) >= 11 is 0. The van der Waals surface area contributed by atoms with Gasteiger partial charge >= 0.3 is 0 Å². The fourth-order valence-corrected chi connectivity index (χ4v) is 1.86. The number of hydrogen-bond donors (Lipinski definition) is 1. The van der Waals surface area contributed by atoms with Crippen LogP contribution >= 0.6 is 0 Å². The molecule has 0 saturated carbocycles. The second-order valence-corrected chi connectivity index (χ2v) is 5.97. The quantitative estimate of drug-likeness (QED) is 0.644. The van der Waals surface area contributed by atoms with Crippen molar-refractivity contribution in [3.05, 3.63) is 12.3 Å². The molecule has 0 radical (unpaired) electrons. The smallest absolute Gasteiger partial charge is 0.0143 e. The van der Waals surface area contributed by atoms with Crippen molar-refractivity contribution in [1.29, 1.82) is 0 Å². The highest BCUT2D eigenvalue weighted by molar-refractivity contribution is 4.87. The maximum Gasteiger partial charge on any atom is 0.0143 e. The first-order valence-electron chi connectivity index (χ1n) is 6.12. The molecule has 0 aromatic rings. The Morgan fingerprint density at radius 1 is 1.20 bits per heavy atom. The van der Waals surface area contributed by atoms with Crippen molar-refractivity contribution in [2.45, 2.75) is 60.8 Å². The molecule has 1 atom stereocenters. The predicted molar refractivity (Wildman–Crippen MR) is 69.9 cm³/mol. The third-order valence-corrected chi connectivity index (χ3v) is 3.92. The summed E-state index contributed by atoms with van der Waals surface area (Å²) in [7, 11) is 0. The molecule has 0 saturated heterocycles. The molecule has 1 heteroatoms. The standard InChI is InChI=1S/C14H29N/c1-8-14(7,13(4,5)6)10-9-11-15-12(2)3/h15H,2,8-11H2,1,3-7H3. The minimum Gasteiger partial charge on any atom is -0.389 e. The van der Waals surface area contributed by atoms with Gasteiger partial charge in [-0.05, 0) is 30.6 Å². The second kappa shape index (κ2) is 5.58. The summed E-state index contributed by atoms with van der Waals surface area (Å²) in [5.74, 6) is 0. The van der Waals surface area contributed by atoms with E-state index in [1.165, 1.54) is 19.3 Å². The lowest BCUT2D eigenvalue weighted by atomic mass is 9.64. The van der Waals surface area contributed by atoms with E-state index in [1.54, 1.807) is 0 Å². The van der Waals surface area contributed by atoms with Crippen LogP contribution in [0.3, 0.4) is 0 Å². The minimum absolute atomic E-state index is 0.394. The van der Waals surface area contributed by atoms with Gasteiger partial charge in [0.25, 0.3) is 0 Å². The maximum atomic E-state index is 3.85. The topological polar surface area (TPSA) is 12.0 Å². The largest absolute Gasteiger partial charge is 0.389 e. The molecule has 0 fully saturated rings. The summed E-state index contributed by atoms with van der Waals surface area (Å²) < 4.78 is 0. The monoisotopic (exact) mass is 211 g/mol. The Labute approximate surface area is 96.3 Å². The fraction of sp³-hybridized carbons (Fsp3) is 0.857. The molecule has 0 heterocycles. The highest BCUT2D eigenvalue weighted by Crippen LogP contribution is 2.44. The molecule has 15 heavy (non-hydrogen) atoms. The van der Waals surface area contributed by atoms with Crippen LogP contribution in [0.4, 0.5) is 0 Å². The van der Waals surface area contributed by atoms with E-state index >= 15 is 0 Å². The molecule has 0 aliphatic rings. The van der Waals surface area contributed by atoms with Gasteiger partial charge in [0.05, 0.1) is 0 Å². The highest BCUT2D eigenvalue weighted by atomic mass is 14.9. The molecule has 90 valence electrons. The van der Waals surface area contributed by atoms with Crippen molar-refractivity contribution in [3.8, 4) is 0 Å². The molecule has 0 rings (SSSR count). The lowest BCUT2D eigenvalue weighted by Gasteiger charge is -2.42. The van der Waals surface area contributed by atoms with E-state index in [4.69, 9.17) is 0 Å². The van der Waals surface area contributed by atoms with E-state index in [1.807, 2.05) is 6.92 Å². The Kier molecular flexibility index (Phi) is 5.41. The number of hydrogen-bond acceptors (Lipinski definition) is 1. The third-order valence-electron chi connectivity index (χ3n) is 3.92. The zero-order valence-corrected chi connectivity index (χ0v) is 11.5. The molecule has 0 aliphatic carbocycles. The second-order valence-electron chi connectivity index (χ2n) is 5.97. The number of rotatable bonds is 6. The Hall–Kier alpha value is -0.460. The zero-order chi connectivity index (χ0) is 12.1. The molecular formula is C14H29N. The van der Waals surface area contributed by atoms with Crippen molar-refractivity contribution in [1.82, 2.24) is 5.32 Å². The maximum absolute atomic E-state index is 3.85. The van der Waals surface area contributed by atoms with E-state index < -0.39 is 0 Å². The molecule has 0 amide bonds. The van der Waals surface area contributed by atoms with Gasteiger partial charge in [0.15, 0.2) is 0 Å². The minimum atomic E-state index is 0.394. The molecular weight excluding hydrogens is 182 g/mol. The van der Waals surface area contributed by atoms with Crippen LogP contribution in [0.2, 0.25) is 0 Å².